The van der Waals surface area contributed by atoms with E-state index in [-0.39, 0.29) is 6.61 Å². The lowest BCUT2D eigenvalue weighted by molar-refractivity contribution is -0.136. The van der Waals surface area contributed by atoms with Crippen LogP contribution in [0, 0.1) is 0 Å². The lowest BCUT2D eigenvalue weighted by Crippen LogP contribution is -2.37. The number of carbonyl (C=O) groups excluding carboxylic acids is 2. The maximum Gasteiger partial charge on any atom is 0.364 e. The van der Waals surface area contributed by atoms with Gasteiger partial charge >= 0.3 is 5.97 Å². The lowest BCUT2D eigenvalue weighted by Gasteiger charge is -2.10. The van der Waals surface area contributed by atoms with Gasteiger partial charge in [-0.3, -0.25) is 4.79 Å². The minimum Gasteiger partial charge on any atom is -0.460 e. The highest BCUT2D eigenvalue weighted by molar-refractivity contribution is 9.09. The fourth-order valence-electron chi connectivity index (χ4n) is 0.607. The predicted octanol–water partition coefficient (Wildman–Crippen LogP) is -0.673. The molecule has 80 valence electrons. The minimum absolute atomic E-state index is 0.165. The van der Waals surface area contributed by atoms with Crippen LogP contribution in [-0.2, 0) is 14.3 Å². The molecule has 1 amide bonds. The summed E-state index contributed by atoms with van der Waals surface area (Å²) in [5, 5.41) is 3.59. The van der Waals surface area contributed by atoms with Crippen molar-refractivity contribution in [2.75, 3.05) is 26.0 Å². The van der Waals surface area contributed by atoms with E-state index >= 15 is 0 Å². The van der Waals surface area contributed by atoms with E-state index in [1.54, 1.807) is 0 Å². The van der Waals surface area contributed by atoms with Gasteiger partial charge in [-0.1, -0.05) is 15.9 Å². The molecule has 0 radical (unpaired) electrons. The van der Waals surface area contributed by atoms with Crippen LogP contribution in [0.15, 0.2) is 5.10 Å². The van der Waals surface area contributed by atoms with Crippen LogP contribution >= 0.6 is 15.9 Å². The molecule has 0 heterocycles. The van der Waals surface area contributed by atoms with Gasteiger partial charge in [0.2, 0.25) is 5.71 Å². The lowest BCUT2D eigenvalue weighted by atomic mass is 10.3. The Morgan fingerprint density at radius 2 is 2.07 bits per heavy atom. The van der Waals surface area contributed by atoms with Crippen LogP contribution in [0.2, 0.25) is 0 Å². The number of esters is 1. The Morgan fingerprint density at radius 1 is 1.50 bits per heavy atom. The average Bonchev–Trinajstić information content (AvgIpc) is 2.15. The molecule has 0 saturated carbocycles. The third kappa shape index (κ3) is 3.73. The Hall–Kier alpha value is -1.11. The van der Waals surface area contributed by atoms with Crippen LogP contribution < -0.4 is 5.84 Å². The molecular formula is C7H12BrN3O3. The molecule has 0 rings (SSSR count). The molecule has 0 aromatic heterocycles. The first kappa shape index (κ1) is 12.9. The Balaban J connectivity index is 4.43. The number of halogens is 1. The summed E-state index contributed by atoms with van der Waals surface area (Å²) in [5.74, 6) is 3.52. The number of carbonyl (C=O) groups is 2. The van der Waals surface area contributed by atoms with Gasteiger partial charge in [-0.15, -0.1) is 0 Å². The molecule has 14 heavy (non-hydrogen) atoms. The fourth-order valence-corrected chi connectivity index (χ4v) is 0.769. The largest absolute Gasteiger partial charge is 0.460 e. The van der Waals surface area contributed by atoms with Crippen molar-refractivity contribution in [1.82, 2.24) is 4.90 Å². The maximum absolute atomic E-state index is 11.3. The number of nitrogens with zero attached hydrogens (tertiary/aromatic N) is 2. The van der Waals surface area contributed by atoms with Crippen LogP contribution in [0.3, 0.4) is 0 Å². The second-order valence-corrected chi connectivity index (χ2v) is 3.30. The van der Waals surface area contributed by atoms with Gasteiger partial charge in [-0.2, -0.15) is 5.10 Å². The SMILES string of the molecule is CN(C)C(=O)/C(=N/N)C(=O)OCCBr. The van der Waals surface area contributed by atoms with Crippen LogP contribution in [0.5, 0.6) is 0 Å². The van der Waals surface area contributed by atoms with Crippen molar-refractivity contribution in [1.29, 1.82) is 0 Å². The molecule has 0 bridgehead atoms. The van der Waals surface area contributed by atoms with Crippen molar-refractivity contribution < 1.29 is 14.3 Å². The monoisotopic (exact) mass is 265 g/mol. The Kier molecular flexibility index (Phi) is 5.86. The molecule has 0 spiro atoms. The summed E-state index contributed by atoms with van der Waals surface area (Å²) >= 11 is 3.07. The number of ether oxygens (including phenoxy) is 1. The molecule has 0 aromatic rings. The summed E-state index contributed by atoms with van der Waals surface area (Å²) in [6.07, 6.45) is 0. The first-order valence-corrected chi connectivity index (χ1v) is 4.89. The topological polar surface area (TPSA) is 85.0 Å². The highest BCUT2D eigenvalue weighted by Gasteiger charge is 2.23. The zero-order chi connectivity index (χ0) is 11.1. The molecule has 0 aliphatic rings. The van der Waals surface area contributed by atoms with Crippen LogP contribution in [-0.4, -0.2) is 48.5 Å². The number of hydrogen-bond donors (Lipinski definition) is 1. The molecule has 0 aliphatic heterocycles. The van der Waals surface area contributed by atoms with Gasteiger partial charge in [0.25, 0.3) is 5.91 Å². The van der Waals surface area contributed by atoms with Crippen LogP contribution in [0.1, 0.15) is 0 Å². The average molecular weight is 266 g/mol. The van der Waals surface area contributed by atoms with E-state index < -0.39 is 17.6 Å². The van der Waals surface area contributed by atoms with E-state index in [1.807, 2.05) is 0 Å². The maximum atomic E-state index is 11.3. The smallest absolute Gasteiger partial charge is 0.364 e. The number of hydrogen-bond acceptors (Lipinski definition) is 5. The summed E-state index contributed by atoms with van der Waals surface area (Å²) in [6.45, 7) is 0.165. The van der Waals surface area contributed by atoms with Crippen molar-refractivity contribution >= 4 is 33.5 Å². The summed E-state index contributed by atoms with van der Waals surface area (Å²) < 4.78 is 4.67. The molecule has 0 aromatic carbocycles. The Labute approximate surface area is 90.2 Å². The second-order valence-electron chi connectivity index (χ2n) is 2.50. The molecular weight excluding hydrogens is 254 g/mol. The Bertz CT molecular complexity index is 253. The van der Waals surface area contributed by atoms with E-state index in [0.717, 1.165) is 0 Å². The first-order valence-electron chi connectivity index (χ1n) is 3.77. The number of hydrazone groups is 1. The van der Waals surface area contributed by atoms with Gasteiger partial charge in [-0.25, -0.2) is 4.79 Å². The number of amides is 1. The van der Waals surface area contributed by atoms with Gasteiger partial charge in [0.05, 0.1) is 0 Å². The third-order valence-electron chi connectivity index (χ3n) is 1.24. The van der Waals surface area contributed by atoms with Gasteiger partial charge in [0.15, 0.2) is 0 Å². The molecule has 2 N–H and O–H groups in total. The normalized spacial score (nSPS) is 10.9. The quantitative estimate of drug-likeness (QED) is 0.182. The zero-order valence-corrected chi connectivity index (χ0v) is 9.57. The molecule has 0 aliphatic carbocycles. The predicted molar refractivity (Wildman–Crippen MR) is 55.1 cm³/mol. The highest BCUT2D eigenvalue weighted by Crippen LogP contribution is 1.91. The molecule has 7 heteroatoms. The number of alkyl halides is 1. The first-order chi connectivity index (χ1) is 6.54. The van der Waals surface area contributed by atoms with Gasteiger partial charge in [0, 0.05) is 19.4 Å². The van der Waals surface area contributed by atoms with Gasteiger partial charge in [-0.05, 0) is 0 Å². The minimum atomic E-state index is -0.814. The van der Waals surface area contributed by atoms with Crippen molar-refractivity contribution in [3.8, 4) is 0 Å². The number of rotatable bonds is 4. The summed E-state index contributed by atoms with van der Waals surface area (Å²) in [6, 6.07) is 0. The summed E-state index contributed by atoms with van der Waals surface area (Å²) in [5.41, 5.74) is -0.407. The van der Waals surface area contributed by atoms with E-state index in [9.17, 15) is 9.59 Å². The third-order valence-corrected chi connectivity index (χ3v) is 1.57. The van der Waals surface area contributed by atoms with Gasteiger partial charge in [0.1, 0.15) is 6.61 Å². The summed E-state index contributed by atoms with van der Waals surface area (Å²) in [7, 11) is 2.98. The van der Waals surface area contributed by atoms with Crippen molar-refractivity contribution in [3.05, 3.63) is 0 Å². The summed E-state index contributed by atoms with van der Waals surface area (Å²) in [4.78, 5) is 23.7. The molecule has 0 saturated heterocycles. The second kappa shape index (κ2) is 6.36. The highest BCUT2D eigenvalue weighted by atomic mass is 79.9. The van der Waals surface area contributed by atoms with E-state index in [2.05, 4.69) is 25.8 Å². The standard InChI is InChI=1S/C7H12BrN3O3/c1-11(2)6(12)5(10-9)7(13)14-4-3-8/h3-4,9H2,1-2H3/b10-5-. The van der Waals surface area contributed by atoms with E-state index in [0.29, 0.717) is 5.33 Å². The van der Waals surface area contributed by atoms with E-state index in [1.165, 1.54) is 19.0 Å². The molecule has 0 unspecified atom stereocenters. The molecule has 6 nitrogen and oxygen atoms in total. The zero-order valence-electron chi connectivity index (χ0n) is 7.99. The fraction of sp³-hybridized carbons (Fsp3) is 0.571. The molecule has 0 fully saturated rings. The molecule has 0 atom stereocenters. The van der Waals surface area contributed by atoms with Gasteiger partial charge < -0.3 is 15.5 Å². The van der Waals surface area contributed by atoms with E-state index in [4.69, 9.17) is 5.84 Å². The Morgan fingerprint density at radius 3 is 2.43 bits per heavy atom. The van der Waals surface area contributed by atoms with Crippen molar-refractivity contribution in [2.45, 2.75) is 0 Å². The van der Waals surface area contributed by atoms with Crippen molar-refractivity contribution in [2.24, 2.45) is 10.9 Å². The van der Waals surface area contributed by atoms with Crippen LogP contribution in [0.4, 0.5) is 0 Å². The number of nitrogens with two attached hydrogens (primary N) is 1. The van der Waals surface area contributed by atoms with Crippen molar-refractivity contribution in [3.63, 3.8) is 0 Å². The van der Waals surface area contributed by atoms with Crippen LogP contribution in [0.25, 0.3) is 0 Å².